The molecule has 0 amide bonds. The minimum absolute atomic E-state index is 0.0205. The molecule has 0 aliphatic rings. The van der Waals surface area contributed by atoms with Gasteiger partial charge in [0.2, 0.25) is 0 Å². The number of halogens is 1. The SMILES string of the molecule is CCOC(=O)c1ncn(-c2ccccc2)c1CC(=O)CS.N#Cc1cc(Br)ccc1CC(=O)CS. The Bertz CT molecular complexity index is 1220. The van der Waals surface area contributed by atoms with Crippen molar-refractivity contribution in [2.24, 2.45) is 0 Å². The molecule has 1 aromatic heterocycles. The molecule has 0 bridgehead atoms. The monoisotopic (exact) mass is 573 g/mol. The lowest BCUT2D eigenvalue weighted by molar-refractivity contribution is -0.116. The van der Waals surface area contributed by atoms with Crippen LogP contribution in [0, 0.1) is 11.3 Å². The molecule has 0 saturated carbocycles. The number of rotatable bonds is 9. The third kappa shape index (κ3) is 8.38. The molecule has 3 rings (SSSR count). The molecule has 3 aromatic rings. The maximum absolute atomic E-state index is 12.0. The molecule has 10 heteroatoms. The molecule has 182 valence electrons. The number of para-hydroxylation sites is 1. The van der Waals surface area contributed by atoms with Crippen LogP contribution in [0.5, 0.6) is 0 Å². The van der Waals surface area contributed by atoms with Crippen LogP contribution >= 0.6 is 41.2 Å². The van der Waals surface area contributed by atoms with E-state index in [0.29, 0.717) is 11.3 Å². The Morgan fingerprint density at radius 3 is 2.31 bits per heavy atom. The third-order valence-corrected chi connectivity index (χ3v) is 5.87. The summed E-state index contributed by atoms with van der Waals surface area (Å²) in [6.45, 7) is 1.99. The summed E-state index contributed by atoms with van der Waals surface area (Å²) in [5.74, 6) is -0.258. The Balaban J connectivity index is 0.000000269. The van der Waals surface area contributed by atoms with Gasteiger partial charge in [-0.05, 0) is 36.8 Å². The zero-order chi connectivity index (χ0) is 25.8. The molecule has 0 aliphatic heterocycles. The van der Waals surface area contributed by atoms with Crippen molar-refractivity contribution >= 4 is 58.7 Å². The van der Waals surface area contributed by atoms with E-state index in [2.05, 4.69) is 52.2 Å². The lowest BCUT2D eigenvalue weighted by Crippen LogP contribution is -2.14. The van der Waals surface area contributed by atoms with Crippen LogP contribution in [-0.4, -0.2) is 45.2 Å². The molecule has 7 nitrogen and oxygen atoms in total. The highest BCUT2D eigenvalue weighted by Crippen LogP contribution is 2.18. The Labute approximate surface area is 223 Å². The van der Waals surface area contributed by atoms with Crippen LogP contribution in [0.15, 0.2) is 59.3 Å². The molecule has 0 atom stereocenters. The van der Waals surface area contributed by atoms with E-state index in [1.807, 2.05) is 36.4 Å². The summed E-state index contributed by atoms with van der Waals surface area (Å²) in [5.41, 5.74) is 2.83. The highest BCUT2D eigenvalue weighted by Gasteiger charge is 2.21. The second kappa shape index (κ2) is 14.5. The van der Waals surface area contributed by atoms with Gasteiger partial charge in [-0.15, -0.1) is 0 Å². The van der Waals surface area contributed by atoms with Gasteiger partial charge in [-0.1, -0.05) is 40.2 Å². The van der Waals surface area contributed by atoms with Gasteiger partial charge in [0.15, 0.2) is 5.69 Å². The first-order chi connectivity index (χ1) is 16.8. The standard InChI is InChI=1S/C15H16N2O3S.C10H8BrNOS/c1-2-20-15(19)14-13(8-12(18)9-21)17(10-16-14)11-6-4-3-5-7-11;11-9-2-1-7(4-10(13)6-14)8(3-9)5-12/h3-7,10,21H,2,8-9H2,1H3;1-3,14H,4,6H2. The smallest absolute Gasteiger partial charge is 0.358 e. The largest absolute Gasteiger partial charge is 0.461 e. The fourth-order valence-corrected chi connectivity index (χ4v) is 3.63. The molecule has 1 heterocycles. The molecule has 35 heavy (non-hydrogen) atoms. The quantitative estimate of drug-likeness (QED) is 0.289. The molecule has 0 N–H and O–H groups in total. The van der Waals surface area contributed by atoms with Crippen molar-refractivity contribution in [2.75, 3.05) is 18.1 Å². The molecule has 0 aliphatic carbocycles. The van der Waals surface area contributed by atoms with E-state index in [1.165, 1.54) is 6.33 Å². The lowest BCUT2D eigenvalue weighted by atomic mass is 10.0. The van der Waals surface area contributed by atoms with Gasteiger partial charge in [-0.25, -0.2) is 9.78 Å². The Morgan fingerprint density at radius 2 is 1.71 bits per heavy atom. The summed E-state index contributed by atoms with van der Waals surface area (Å²) in [5, 5.41) is 8.83. The average Bonchev–Trinajstić information content (AvgIpc) is 3.29. The van der Waals surface area contributed by atoms with Crippen LogP contribution in [0.1, 0.15) is 34.2 Å². The van der Waals surface area contributed by atoms with Gasteiger partial charge < -0.3 is 9.30 Å². The number of nitriles is 1. The predicted octanol–water partition coefficient (Wildman–Crippen LogP) is 4.45. The van der Waals surface area contributed by atoms with Gasteiger partial charge in [0.1, 0.15) is 17.9 Å². The number of hydrogen-bond acceptors (Lipinski definition) is 8. The highest BCUT2D eigenvalue weighted by atomic mass is 79.9. The molecular formula is C25H24BrN3O4S2. The third-order valence-electron chi connectivity index (χ3n) is 4.67. The highest BCUT2D eigenvalue weighted by molar-refractivity contribution is 9.10. The fraction of sp³-hybridized carbons (Fsp3) is 0.240. The van der Waals surface area contributed by atoms with Gasteiger partial charge in [0.05, 0.1) is 30.4 Å². The number of hydrogen-bond donors (Lipinski definition) is 2. The Kier molecular flexibility index (Phi) is 11.8. The number of benzene rings is 2. The number of esters is 1. The summed E-state index contributed by atoms with van der Waals surface area (Å²) in [4.78, 5) is 38.9. The van der Waals surface area contributed by atoms with E-state index in [4.69, 9.17) is 10.00 Å². The predicted molar refractivity (Wildman–Crippen MR) is 144 cm³/mol. The van der Waals surface area contributed by atoms with Crippen LogP contribution in [0.3, 0.4) is 0 Å². The number of carbonyl (C=O) groups is 3. The van der Waals surface area contributed by atoms with Crippen molar-refractivity contribution in [2.45, 2.75) is 19.8 Å². The number of Topliss-reactive ketones (excluding diaryl/α,β-unsaturated/α-hetero) is 2. The topological polar surface area (TPSA) is 102 Å². The van der Waals surface area contributed by atoms with Crippen molar-refractivity contribution < 1.29 is 19.1 Å². The number of aromatic nitrogens is 2. The van der Waals surface area contributed by atoms with Gasteiger partial charge in [0, 0.05) is 28.1 Å². The first-order valence-corrected chi connectivity index (χ1v) is 12.6. The summed E-state index contributed by atoms with van der Waals surface area (Å²) < 4.78 is 7.56. The molecule has 0 spiro atoms. The number of thiol groups is 2. The minimum atomic E-state index is -0.519. The Hall–Kier alpha value is -2.87. The number of imidazole rings is 1. The maximum atomic E-state index is 12.0. The summed E-state index contributed by atoms with van der Waals surface area (Å²) in [6.07, 6.45) is 1.90. The summed E-state index contributed by atoms with van der Waals surface area (Å²) in [6, 6.07) is 16.8. The normalized spacial score (nSPS) is 10.0. The molecule has 0 saturated heterocycles. The Morgan fingerprint density at radius 1 is 1.06 bits per heavy atom. The fourth-order valence-electron chi connectivity index (χ4n) is 3.04. The number of carbonyl (C=O) groups excluding carboxylic acids is 3. The van der Waals surface area contributed by atoms with E-state index in [1.54, 1.807) is 23.6 Å². The van der Waals surface area contributed by atoms with E-state index < -0.39 is 5.97 Å². The van der Waals surface area contributed by atoms with Crippen molar-refractivity contribution in [3.05, 3.63) is 81.8 Å². The van der Waals surface area contributed by atoms with E-state index in [0.717, 1.165) is 15.7 Å². The summed E-state index contributed by atoms with van der Waals surface area (Å²) >= 11 is 11.1. The number of nitrogens with zero attached hydrogens (tertiary/aromatic N) is 3. The number of ketones is 2. The van der Waals surface area contributed by atoms with Gasteiger partial charge in [-0.3, -0.25) is 9.59 Å². The lowest BCUT2D eigenvalue weighted by Gasteiger charge is -2.09. The summed E-state index contributed by atoms with van der Waals surface area (Å²) in [7, 11) is 0. The van der Waals surface area contributed by atoms with Crippen molar-refractivity contribution in [1.29, 1.82) is 5.26 Å². The maximum Gasteiger partial charge on any atom is 0.358 e. The molecule has 2 aromatic carbocycles. The zero-order valence-corrected chi connectivity index (χ0v) is 22.4. The molecule has 0 unspecified atom stereocenters. The second-order valence-corrected chi connectivity index (χ2v) is 8.67. The van der Waals surface area contributed by atoms with E-state index in [-0.39, 0.29) is 48.2 Å². The first-order valence-electron chi connectivity index (χ1n) is 10.6. The van der Waals surface area contributed by atoms with Crippen LogP contribution in [0.4, 0.5) is 0 Å². The molecule has 0 radical (unpaired) electrons. The van der Waals surface area contributed by atoms with Gasteiger partial charge in [0.25, 0.3) is 0 Å². The molecular weight excluding hydrogens is 550 g/mol. The zero-order valence-electron chi connectivity index (χ0n) is 19.0. The minimum Gasteiger partial charge on any atom is -0.461 e. The van der Waals surface area contributed by atoms with Gasteiger partial charge in [-0.2, -0.15) is 30.5 Å². The average molecular weight is 575 g/mol. The van der Waals surface area contributed by atoms with E-state index >= 15 is 0 Å². The van der Waals surface area contributed by atoms with Crippen molar-refractivity contribution in [1.82, 2.24) is 9.55 Å². The van der Waals surface area contributed by atoms with Crippen LogP contribution in [0.25, 0.3) is 5.69 Å². The van der Waals surface area contributed by atoms with Crippen molar-refractivity contribution in [3.8, 4) is 11.8 Å². The molecule has 0 fully saturated rings. The van der Waals surface area contributed by atoms with E-state index in [9.17, 15) is 14.4 Å². The first kappa shape index (κ1) is 28.4. The van der Waals surface area contributed by atoms with Crippen molar-refractivity contribution in [3.63, 3.8) is 0 Å². The van der Waals surface area contributed by atoms with Crippen LogP contribution in [-0.2, 0) is 27.2 Å². The van der Waals surface area contributed by atoms with Crippen LogP contribution < -0.4 is 0 Å². The van der Waals surface area contributed by atoms with Crippen LogP contribution in [0.2, 0.25) is 0 Å². The number of ether oxygens (including phenoxy) is 1. The second-order valence-electron chi connectivity index (χ2n) is 7.13. The van der Waals surface area contributed by atoms with Gasteiger partial charge >= 0.3 is 5.97 Å².